The number of hydrazone groups is 1. The van der Waals surface area contributed by atoms with Crippen LogP contribution in [0.3, 0.4) is 0 Å². The Kier molecular flexibility index (Phi) is 2.98. The highest BCUT2D eigenvalue weighted by atomic mass is 32.2. The highest BCUT2D eigenvalue weighted by molar-refractivity contribution is 8.15. The Morgan fingerprint density at radius 3 is 2.89 bits per heavy atom. The predicted octanol–water partition coefficient (Wildman–Crippen LogP) is 2.68. The van der Waals surface area contributed by atoms with E-state index in [9.17, 15) is 5.11 Å². The van der Waals surface area contributed by atoms with Crippen molar-refractivity contribution in [2.24, 2.45) is 5.10 Å². The number of aromatic hydroxyl groups is 1. The molecule has 1 spiro atoms. The van der Waals surface area contributed by atoms with Gasteiger partial charge in [0.1, 0.15) is 15.7 Å². The smallest absolute Gasteiger partial charge is 0.129 e. The second kappa shape index (κ2) is 4.42. The normalized spacial score (nSPS) is 29.1. The summed E-state index contributed by atoms with van der Waals surface area (Å²) in [6.07, 6.45) is 1.81. The average Bonchev–Trinajstić information content (AvgIpc) is 2.71. The number of thioether (sulfide) groups is 1. The first kappa shape index (κ1) is 12.8. The molecule has 2 N–H and O–H groups in total. The molecule has 1 aromatic carbocycles. The van der Waals surface area contributed by atoms with Gasteiger partial charge in [-0.2, -0.15) is 5.10 Å². The fourth-order valence-corrected chi connectivity index (χ4v) is 4.10. The van der Waals surface area contributed by atoms with Crippen LogP contribution < -0.4 is 5.43 Å². The number of nitrogens with zero attached hydrogens (tertiary/aromatic N) is 1. The number of nitrogens with one attached hydrogen (secondary N) is 1. The van der Waals surface area contributed by atoms with Crippen LogP contribution in [0.5, 0.6) is 5.75 Å². The summed E-state index contributed by atoms with van der Waals surface area (Å²) < 4.78 is 5.76. The van der Waals surface area contributed by atoms with Crippen molar-refractivity contribution in [3.05, 3.63) is 29.8 Å². The fourth-order valence-electron chi connectivity index (χ4n) is 2.65. The minimum Gasteiger partial charge on any atom is -0.507 e. The third-order valence-electron chi connectivity index (χ3n) is 3.50. The minimum atomic E-state index is -0.137. The van der Waals surface area contributed by atoms with Crippen LogP contribution in [0, 0.1) is 0 Å². The molecule has 1 aromatic rings. The van der Waals surface area contributed by atoms with E-state index in [-0.39, 0.29) is 16.2 Å². The molecule has 0 bridgehead atoms. The maximum absolute atomic E-state index is 9.91. The van der Waals surface area contributed by atoms with E-state index in [0.29, 0.717) is 0 Å². The maximum Gasteiger partial charge on any atom is 0.129 e. The van der Waals surface area contributed by atoms with E-state index in [1.807, 2.05) is 18.2 Å². The summed E-state index contributed by atoms with van der Waals surface area (Å²) in [5, 5.41) is 15.2. The molecular formula is C14H18N2O2S. The molecule has 4 nitrogen and oxygen atoms in total. The molecule has 2 heterocycles. The summed E-state index contributed by atoms with van der Waals surface area (Å²) in [7, 11) is 0. The van der Waals surface area contributed by atoms with Crippen LogP contribution in [0.25, 0.3) is 0 Å². The highest BCUT2D eigenvalue weighted by Gasteiger charge is 2.45. The maximum atomic E-state index is 9.91. The van der Waals surface area contributed by atoms with Crippen molar-refractivity contribution in [2.45, 2.75) is 37.2 Å². The van der Waals surface area contributed by atoms with Crippen LogP contribution >= 0.6 is 11.8 Å². The van der Waals surface area contributed by atoms with Gasteiger partial charge in [-0.15, -0.1) is 0 Å². The quantitative estimate of drug-likeness (QED) is 0.829. The lowest BCUT2D eigenvalue weighted by atomic mass is 9.94. The monoisotopic (exact) mass is 278 g/mol. The second-order valence-electron chi connectivity index (χ2n) is 5.68. The summed E-state index contributed by atoms with van der Waals surface area (Å²) in [5.41, 5.74) is 3.92. The largest absolute Gasteiger partial charge is 0.507 e. The van der Waals surface area contributed by atoms with E-state index in [1.165, 1.54) is 0 Å². The van der Waals surface area contributed by atoms with E-state index in [2.05, 4.69) is 24.4 Å². The van der Waals surface area contributed by atoms with Crippen LogP contribution in [-0.2, 0) is 4.74 Å². The van der Waals surface area contributed by atoms with Gasteiger partial charge in [-0.1, -0.05) is 23.9 Å². The lowest BCUT2D eigenvalue weighted by molar-refractivity contribution is -0.0683. The van der Waals surface area contributed by atoms with Gasteiger partial charge in [0.05, 0.1) is 17.8 Å². The zero-order valence-corrected chi connectivity index (χ0v) is 12.0. The Hall–Kier alpha value is -1.20. The number of phenolic OH excluding ortho intramolecular Hbond substituents is 1. The first-order chi connectivity index (χ1) is 9.00. The molecule has 19 heavy (non-hydrogen) atoms. The van der Waals surface area contributed by atoms with Gasteiger partial charge >= 0.3 is 0 Å². The van der Waals surface area contributed by atoms with Gasteiger partial charge in [0.25, 0.3) is 0 Å². The fraction of sp³-hybridized carbons (Fsp3) is 0.500. The van der Waals surface area contributed by atoms with Crippen LogP contribution in [0.1, 0.15) is 32.3 Å². The first-order valence-electron chi connectivity index (χ1n) is 6.46. The third-order valence-corrected chi connectivity index (χ3v) is 4.83. The molecule has 0 radical (unpaired) electrons. The van der Waals surface area contributed by atoms with Crippen molar-refractivity contribution in [3.8, 4) is 5.75 Å². The predicted molar refractivity (Wildman–Crippen MR) is 77.4 cm³/mol. The third kappa shape index (κ3) is 2.44. The summed E-state index contributed by atoms with van der Waals surface area (Å²) in [4.78, 5) is -0.0979. The number of ether oxygens (including phenoxy) is 1. The highest BCUT2D eigenvalue weighted by Crippen LogP contribution is 2.45. The topological polar surface area (TPSA) is 53.8 Å². The Morgan fingerprint density at radius 2 is 2.16 bits per heavy atom. The summed E-state index contributed by atoms with van der Waals surface area (Å²) in [6.45, 7) is 4.94. The van der Waals surface area contributed by atoms with Crippen molar-refractivity contribution in [3.63, 3.8) is 0 Å². The first-order valence-corrected chi connectivity index (χ1v) is 7.28. The van der Waals surface area contributed by atoms with Gasteiger partial charge in [-0.05, 0) is 26.0 Å². The molecule has 0 aliphatic carbocycles. The van der Waals surface area contributed by atoms with Gasteiger partial charge in [-0.3, -0.25) is 5.43 Å². The SMILES string of the molecule is CC1(C)C[C@@]2(CCO1)NN=C(c1ccccc1O)S2. The van der Waals surface area contributed by atoms with Crippen LogP contribution in [0.15, 0.2) is 29.4 Å². The molecule has 2 aliphatic rings. The summed E-state index contributed by atoms with van der Waals surface area (Å²) in [6, 6.07) is 7.32. The lowest BCUT2D eigenvalue weighted by Crippen LogP contribution is -2.49. The Bertz CT molecular complexity index is 530. The molecular weight excluding hydrogens is 260 g/mol. The molecule has 2 aliphatic heterocycles. The molecule has 0 aromatic heterocycles. The lowest BCUT2D eigenvalue weighted by Gasteiger charge is -2.41. The van der Waals surface area contributed by atoms with Crippen LogP contribution in [0.4, 0.5) is 0 Å². The number of hydrogen-bond donors (Lipinski definition) is 2. The van der Waals surface area contributed by atoms with E-state index >= 15 is 0 Å². The number of rotatable bonds is 1. The standard InChI is InChI=1S/C14H18N2O2S/c1-13(2)9-14(7-8-18-13)16-15-12(19-14)10-5-3-4-6-11(10)17/h3-6,16-17H,7-9H2,1-2H3/t14-/m0/s1. The van der Waals surface area contributed by atoms with Crippen molar-refractivity contribution in [2.75, 3.05) is 6.61 Å². The Labute approximate surface area is 117 Å². The minimum absolute atomic E-state index is 0.0979. The molecule has 5 heteroatoms. The van der Waals surface area contributed by atoms with Gasteiger partial charge in [0, 0.05) is 12.8 Å². The molecule has 1 atom stereocenters. The van der Waals surface area contributed by atoms with Gasteiger partial charge in [-0.25, -0.2) is 0 Å². The number of phenols is 1. The number of benzene rings is 1. The van der Waals surface area contributed by atoms with Crippen molar-refractivity contribution >= 4 is 16.8 Å². The Morgan fingerprint density at radius 1 is 1.37 bits per heavy atom. The summed E-state index contributed by atoms with van der Waals surface area (Å²) in [5.74, 6) is 0.277. The Balaban J connectivity index is 1.81. The van der Waals surface area contributed by atoms with Crippen LogP contribution in [-0.4, -0.2) is 27.2 Å². The molecule has 0 amide bonds. The number of hydrogen-bond acceptors (Lipinski definition) is 5. The molecule has 3 rings (SSSR count). The molecule has 0 unspecified atom stereocenters. The second-order valence-corrected chi connectivity index (χ2v) is 7.05. The molecule has 0 saturated carbocycles. The van der Waals surface area contributed by atoms with Crippen LogP contribution in [0.2, 0.25) is 0 Å². The van der Waals surface area contributed by atoms with E-state index in [0.717, 1.165) is 30.1 Å². The van der Waals surface area contributed by atoms with Gasteiger partial charge < -0.3 is 9.84 Å². The molecule has 1 saturated heterocycles. The van der Waals surface area contributed by atoms with Crippen molar-refractivity contribution < 1.29 is 9.84 Å². The summed E-state index contributed by atoms with van der Waals surface area (Å²) >= 11 is 1.70. The zero-order chi connectivity index (χ0) is 13.5. The van der Waals surface area contributed by atoms with Gasteiger partial charge in [0.2, 0.25) is 0 Å². The van der Waals surface area contributed by atoms with E-state index < -0.39 is 0 Å². The van der Waals surface area contributed by atoms with Crippen molar-refractivity contribution in [1.29, 1.82) is 0 Å². The molecule has 102 valence electrons. The van der Waals surface area contributed by atoms with E-state index in [1.54, 1.807) is 17.8 Å². The zero-order valence-electron chi connectivity index (χ0n) is 11.1. The van der Waals surface area contributed by atoms with E-state index in [4.69, 9.17) is 4.74 Å². The molecule has 1 fully saturated rings. The van der Waals surface area contributed by atoms with Crippen molar-refractivity contribution in [1.82, 2.24) is 5.43 Å². The number of para-hydroxylation sites is 1. The van der Waals surface area contributed by atoms with Gasteiger partial charge in [0.15, 0.2) is 0 Å². The average molecular weight is 278 g/mol.